The molecule has 0 amide bonds. The highest BCUT2D eigenvalue weighted by Gasteiger charge is 2.56. The quantitative estimate of drug-likeness (QED) is 0.353. The van der Waals surface area contributed by atoms with Gasteiger partial charge < -0.3 is 10.2 Å². The number of aromatic amines is 1. The van der Waals surface area contributed by atoms with Crippen molar-refractivity contribution in [1.82, 2.24) is 9.55 Å². The number of alkyl halides is 6. The van der Waals surface area contributed by atoms with Crippen LogP contribution in [0.25, 0.3) is 0 Å². The maximum absolute atomic E-state index is 12.4. The predicted molar refractivity (Wildman–Crippen MR) is 96.5 cm³/mol. The summed E-state index contributed by atoms with van der Waals surface area (Å²) in [5.41, 5.74) is -12.4. The lowest BCUT2D eigenvalue weighted by molar-refractivity contribution is -0.734. The zero-order valence-electron chi connectivity index (χ0n) is 17.4. The molecule has 3 N–H and O–H groups in total. The molecule has 18 heteroatoms. The fourth-order valence-electron chi connectivity index (χ4n) is 2.32. The number of hydrogen-bond acceptors (Lipinski definition) is 6. The number of nitrogens with zero attached hydrogens (tertiary/aromatic N) is 3. The first kappa shape index (κ1) is 28.9. The van der Waals surface area contributed by atoms with Crippen LogP contribution >= 0.6 is 0 Å². The Kier molecular flexibility index (Phi) is 8.38. The molecule has 33 heavy (non-hydrogen) atoms. The van der Waals surface area contributed by atoms with E-state index in [0.29, 0.717) is 6.54 Å². The predicted octanol–water partition coefficient (Wildman–Crippen LogP) is -0.0350. The molecule has 0 aliphatic rings. The number of H-pyrrole nitrogens is 1. The Morgan fingerprint density at radius 3 is 1.91 bits per heavy atom. The molecule has 0 fully saturated rings. The largest absolute Gasteiger partial charge is 0.509 e. The van der Waals surface area contributed by atoms with Gasteiger partial charge in [0.15, 0.2) is 6.20 Å². The van der Waals surface area contributed by atoms with Gasteiger partial charge in [-0.25, -0.2) is 35.5 Å². The molecule has 0 aliphatic carbocycles. The minimum absolute atomic E-state index is 0.0116. The highest BCUT2D eigenvalue weighted by molar-refractivity contribution is 7.92. The first-order chi connectivity index (χ1) is 14.6. The summed E-state index contributed by atoms with van der Waals surface area (Å²) in [5.74, 6) is 0. The minimum Gasteiger partial charge on any atom is -0.392 e. The monoisotopic (exact) mass is 532 g/mol. The molecule has 2 heterocycles. The van der Waals surface area contributed by atoms with Crippen molar-refractivity contribution in [2.45, 2.75) is 53.7 Å². The lowest BCUT2D eigenvalue weighted by atomic mass is 10.1. The van der Waals surface area contributed by atoms with Crippen LogP contribution in [0, 0.1) is 0 Å². The van der Waals surface area contributed by atoms with Crippen molar-refractivity contribution >= 4 is 19.7 Å². The Labute approximate surface area is 184 Å². The van der Waals surface area contributed by atoms with Crippen LogP contribution in [0.4, 0.5) is 26.3 Å². The van der Waals surface area contributed by atoms with Gasteiger partial charge in [0.1, 0.15) is 25.5 Å². The van der Waals surface area contributed by atoms with Crippen LogP contribution in [0.2, 0.25) is 0 Å². The maximum atomic E-state index is 12.4. The second-order valence-electron chi connectivity index (χ2n) is 7.30. The zero-order chi connectivity index (χ0) is 26.0. The summed E-state index contributed by atoms with van der Waals surface area (Å²) >= 11 is 0. The Bertz CT molecular complexity index is 1160. The molecule has 0 bridgehead atoms. The van der Waals surface area contributed by atoms with E-state index in [-0.39, 0.29) is 10.8 Å². The molecule has 0 saturated carbocycles. The van der Waals surface area contributed by atoms with Gasteiger partial charge in [-0.1, -0.05) is 0 Å². The highest BCUT2D eigenvalue weighted by Crippen LogP contribution is 2.32. The van der Waals surface area contributed by atoms with Crippen LogP contribution in [0.5, 0.6) is 0 Å². The fourth-order valence-corrected chi connectivity index (χ4v) is 4.05. The van der Waals surface area contributed by atoms with Crippen LogP contribution in [-0.4, -0.2) is 59.8 Å². The summed E-state index contributed by atoms with van der Waals surface area (Å²) in [6, 6.07) is 0. The number of hydrogen-bond donors (Lipinski definition) is 3. The molecule has 10 nitrogen and oxygen atoms in total. The van der Waals surface area contributed by atoms with Gasteiger partial charge in [0.05, 0.1) is 19.3 Å². The topological polar surface area (TPSA) is 137 Å². The van der Waals surface area contributed by atoms with Gasteiger partial charge in [-0.05, 0) is 13.8 Å². The average Bonchev–Trinajstić information content (AvgIpc) is 3.19. The van der Waals surface area contributed by atoms with Gasteiger partial charge in [-0.15, -0.1) is 0 Å². The summed E-state index contributed by atoms with van der Waals surface area (Å²) in [7, 11) is -10.3. The Morgan fingerprint density at radius 1 is 1.03 bits per heavy atom. The number of halogens is 6. The van der Waals surface area contributed by atoms with Gasteiger partial charge in [0.2, 0.25) is 6.33 Å². The van der Waals surface area contributed by atoms with Crippen molar-refractivity contribution in [2.24, 2.45) is 7.05 Å². The third-order valence-corrected chi connectivity index (χ3v) is 6.50. The summed E-state index contributed by atoms with van der Waals surface area (Å²) < 4.78 is 123. The number of nitrogens with one attached hydrogen (secondary N) is 1. The van der Waals surface area contributed by atoms with E-state index in [1.165, 1.54) is 0 Å². The van der Waals surface area contributed by atoms with Crippen molar-refractivity contribution in [2.75, 3.05) is 6.61 Å². The van der Waals surface area contributed by atoms with Crippen molar-refractivity contribution < 1.29 is 62.5 Å². The summed E-state index contributed by atoms with van der Waals surface area (Å²) in [5, 5.41) is 14.4. The van der Waals surface area contributed by atoms with Gasteiger partial charge in [0, 0.05) is 0 Å². The molecule has 0 spiro atoms. The van der Waals surface area contributed by atoms with Crippen LogP contribution in [-0.2, 0) is 39.8 Å². The lowest BCUT2D eigenvalue weighted by Gasteiger charge is -2.13. The first-order valence-electron chi connectivity index (χ1n) is 8.73. The first-order valence-corrected chi connectivity index (χ1v) is 11.7. The molecule has 0 aromatic carbocycles. The molecule has 0 atom stereocenters. The van der Waals surface area contributed by atoms with Crippen molar-refractivity contribution in [3.63, 3.8) is 0 Å². The zero-order valence-corrected chi connectivity index (χ0v) is 19.0. The minimum atomic E-state index is -6.15. The van der Waals surface area contributed by atoms with Gasteiger partial charge in [0.25, 0.3) is 5.03 Å². The highest BCUT2D eigenvalue weighted by atomic mass is 32.2. The molecular weight excluding hydrogens is 510 g/mol. The molecule has 2 rings (SSSR count). The average molecular weight is 532 g/mol. The smallest absolute Gasteiger partial charge is 0.392 e. The number of sulfone groups is 2. The van der Waals surface area contributed by atoms with Crippen molar-refractivity contribution in [3.8, 4) is 0 Å². The number of imidazole rings is 2. The third kappa shape index (κ3) is 7.15. The second-order valence-corrected chi connectivity index (χ2v) is 11.1. The molecular formula is C15H22F6N4O6S2+2. The maximum Gasteiger partial charge on any atom is 0.509 e. The Balaban J connectivity index is 0.000000412. The fraction of sp³-hybridized carbons (Fsp3) is 0.600. The molecule has 2 aromatic heterocycles. The van der Waals surface area contributed by atoms with E-state index >= 15 is 0 Å². The van der Waals surface area contributed by atoms with Gasteiger partial charge in [-0.2, -0.15) is 26.3 Å². The van der Waals surface area contributed by atoms with Gasteiger partial charge >= 0.3 is 35.8 Å². The second kappa shape index (κ2) is 9.59. The molecule has 0 radical (unpaired) electrons. The molecule has 0 unspecified atom stereocenters. The van der Waals surface area contributed by atoms with E-state index in [2.05, 4.69) is 0 Å². The van der Waals surface area contributed by atoms with E-state index in [9.17, 15) is 48.3 Å². The van der Waals surface area contributed by atoms with E-state index in [1.54, 1.807) is 13.8 Å². The van der Waals surface area contributed by atoms with Crippen LogP contribution in [0.1, 0.15) is 13.8 Å². The van der Waals surface area contributed by atoms with Gasteiger partial charge in [-0.3, -0.25) is 0 Å². The SMILES string of the molecule is C[n+]1ccn(CC(C)(C)O)c1.O=S(=O)(c1c[n+](CCO)c(S(=O)(=O)C(F)(F)F)[nH]1)C(F)(F)F. The third-order valence-electron chi connectivity index (χ3n) is 3.65. The number of aliphatic hydroxyl groups excluding tert-OH is 1. The lowest BCUT2D eigenvalue weighted by Crippen LogP contribution is -2.42. The van der Waals surface area contributed by atoms with Crippen LogP contribution < -0.4 is 9.13 Å². The number of aryl methyl sites for hydroxylation is 1. The normalized spacial score (nSPS) is 13.5. The Morgan fingerprint density at radius 2 is 1.55 bits per heavy atom. The van der Waals surface area contributed by atoms with E-state index in [4.69, 9.17) is 5.11 Å². The molecule has 190 valence electrons. The number of aromatic nitrogens is 4. The standard InChI is InChI=1S/C8H15N2O.C7H6F6N2O5S2/c1-8(2,11)6-10-5-4-9(3)7-10;8-6(9,10)21(17,18)4-3-15(1-2-16)5(14-4)22(19,20)7(11,12)13/h4-5,7,11H,6H2,1-3H3;3,16H,1-2H2/q+1;/p+1. The number of rotatable bonds is 6. The van der Waals surface area contributed by atoms with Crippen LogP contribution in [0.3, 0.4) is 0 Å². The molecule has 0 aliphatic heterocycles. The van der Waals surface area contributed by atoms with E-state index in [0.717, 1.165) is 4.98 Å². The number of aliphatic hydroxyl groups is 2. The summed E-state index contributed by atoms with van der Waals surface area (Å²) in [4.78, 5) is 1.10. The Hall–Kier alpha value is -2.18. The van der Waals surface area contributed by atoms with Crippen molar-refractivity contribution in [3.05, 3.63) is 24.9 Å². The molecule has 0 saturated heterocycles. The van der Waals surface area contributed by atoms with E-state index in [1.807, 2.05) is 34.9 Å². The van der Waals surface area contributed by atoms with Crippen LogP contribution in [0.15, 0.2) is 35.1 Å². The summed E-state index contributed by atoms with van der Waals surface area (Å²) in [6.07, 6.45) is 5.85. The van der Waals surface area contributed by atoms with Crippen molar-refractivity contribution in [1.29, 1.82) is 0 Å². The summed E-state index contributed by atoms with van der Waals surface area (Å²) in [6.45, 7) is 2.40. The van der Waals surface area contributed by atoms with E-state index < -0.39 is 59.6 Å². The molecule has 2 aromatic rings.